The Morgan fingerprint density at radius 2 is 1.54 bits per heavy atom. The number of halogens is 1. The third kappa shape index (κ3) is 4.89. The summed E-state index contributed by atoms with van der Waals surface area (Å²) in [5.41, 5.74) is 3.04. The Morgan fingerprint density at radius 1 is 0.917 bits per heavy atom. The van der Waals surface area contributed by atoms with Crippen LogP contribution in [0, 0.1) is 17.2 Å². The van der Waals surface area contributed by atoms with Crippen LogP contribution >= 0.6 is 0 Å². The molecule has 6 nitrogen and oxygen atoms in total. The van der Waals surface area contributed by atoms with Gasteiger partial charge in [0.2, 0.25) is 5.75 Å². The molecular formula is C17H15ClO6. The Bertz CT molecular complexity index is 808. The van der Waals surface area contributed by atoms with Crippen molar-refractivity contribution in [2.75, 3.05) is 7.11 Å². The molecule has 0 unspecified atom stereocenters. The van der Waals surface area contributed by atoms with Gasteiger partial charge in [0.05, 0.1) is 18.1 Å². The zero-order valence-electron chi connectivity index (χ0n) is 13.0. The van der Waals surface area contributed by atoms with Crippen LogP contribution in [0.3, 0.4) is 0 Å². The Morgan fingerprint density at radius 3 is 2.12 bits per heavy atom. The number of benzene rings is 2. The largest absolute Gasteiger partial charge is 0.488 e. The third-order valence-electron chi connectivity index (χ3n) is 3.24. The fourth-order valence-corrected chi connectivity index (χ4v) is 2.25. The van der Waals surface area contributed by atoms with Crippen molar-refractivity contribution in [2.45, 2.75) is 6.92 Å². The van der Waals surface area contributed by atoms with Gasteiger partial charge in [-0.1, -0.05) is 24.3 Å². The summed E-state index contributed by atoms with van der Waals surface area (Å²) in [5.74, 6) is 1.62. The first-order valence-electron chi connectivity index (χ1n) is 6.87. The molecule has 0 bridgehead atoms. The van der Waals surface area contributed by atoms with Crippen LogP contribution in [0.15, 0.2) is 59.0 Å². The van der Waals surface area contributed by atoms with Crippen molar-refractivity contribution in [3.8, 4) is 17.1 Å². The van der Waals surface area contributed by atoms with E-state index in [1.54, 1.807) is 7.11 Å². The molecule has 1 heterocycles. The number of ether oxygens (including phenoxy) is 1. The van der Waals surface area contributed by atoms with Crippen molar-refractivity contribution in [3.05, 3.63) is 60.2 Å². The fraction of sp³-hybridized carbons (Fsp3) is 0.118. The lowest BCUT2D eigenvalue weighted by Gasteiger charge is -2.17. The number of para-hydroxylation sites is 1. The summed E-state index contributed by atoms with van der Waals surface area (Å²) in [6, 6.07) is 18.1. The average molecular weight is 351 g/mol. The molecule has 1 aromatic heterocycles. The van der Waals surface area contributed by atoms with E-state index in [-0.39, 0.29) is 0 Å². The average Bonchev–Trinajstić information content (AvgIpc) is 2.53. The van der Waals surface area contributed by atoms with Crippen molar-refractivity contribution in [2.24, 2.45) is 0 Å². The molecule has 126 valence electrons. The predicted octanol–water partition coefficient (Wildman–Crippen LogP) is -0.0581. The summed E-state index contributed by atoms with van der Waals surface area (Å²) >= 11 is 0. The Kier molecular flexibility index (Phi) is 5.71. The van der Waals surface area contributed by atoms with Crippen LogP contribution in [0.4, 0.5) is 0 Å². The summed E-state index contributed by atoms with van der Waals surface area (Å²) in [4.78, 5) is 0. The van der Waals surface area contributed by atoms with E-state index in [0.29, 0.717) is 0 Å². The van der Waals surface area contributed by atoms with Gasteiger partial charge < -0.3 is 4.74 Å². The Balaban J connectivity index is 0.000000368. The van der Waals surface area contributed by atoms with Crippen LogP contribution in [-0.4, -0.2) is 7.11 Å². The Labute approximate surface area is 140 Å². The highest BCUT2D eigenvalue weighted by atomic mass is 35.7. The van der Waals surface area contributed by atoms with E-state index in [1.807, 2.05) is 48.5 Å². The monoisotopic (exact) mass is 350 g/mol. The second kappa shape index (κ2) is 7.57. The van der Waals surface area contributed by atoms with Gasteiger partial charge in [0.15, 0.2) is 0 Å². The van der Waals surface area contributed by atoms with Crippen LogP contribution in [0.5, 0.6) is 5.75 Å². The van der Waals surface area contributed by atoms with E-state index in [1.165, 1.54) is 5.56 Å². The van der Waals surface area contributed by atoms with Gasteiger partial charge in [-0.05, 0) is 36.8 Å². The summed E-state index contributed by atoms with van der Waals surface area (Å²) in [5, 5.41) is 1.08. The highest BCUT2D eigenvalue weighted by Gasteiger charge is 2.20. The highest BCUT2D eigenvalue weighted by Crippen LogP contribution is 2.32. The summed E-state index contributed by atoms with van der Waals surface area (Å²) < 4.78 is 45.4. The molecule has 0 radical (unpaired) electrons. The molecule has 0 N–H and O–H groups in total. The highest BCUT2D eigenvalue weighted by molar-refractivity contribution is 5.87. The minimum atomic E-state index is -4.94. The Hall–Kier alpha value is -2.22. The van der Waals surface area contributed by atoms with E-state index < -0.39 is 10.2 Å². The molecule has 0 amide bonds. The van der Waals surface area contributed by atoms with Gasteiger partial charge in [-0.25, -0.2) is 23.1 Å². The fourth-order valence-electron chi connectivity index (χ4n) is 2.25. The SMILES string of the molecule is COc1cccc2c(C)cc(-c3ccccc3)[o+]c12.[O-][Cl+3]([O-])([O-])[O-]. The van der Waals surface area contributed by atoms with Crippen LogP contribution in [-0.2, 0) is 0 Å². The van der Waals surface area contributed by atoms with Crippen molar-refractivity contribution in [3.63, 3.8) is 0 Å². The van der Waals surface area contributed by atoms with Gasteiger partial charge in [-0.3, -0.25) is 0 Å². The number of hydrogen-bond acceptors (Lipinski definition) is 5. The van der Waals surface area contributed by atoms with Gasteiger partial charge in [0.25, 0.3) is 0 Å². The maximum atomic E-state index is 8.49. The second-order valence-corrected chi connectivity index (χ2v) is 5.63. The molecule has 3 aromatic rings. The van der Waals surface area contributed by atoms with E-state index in [4.69, 9.17) is 27.8 Å². The van der Waals surface area contributed by atoms with Crippen molar-refractivity contribution in [1.29, 1.82) is 0 Å². The molecule has 0 aliphatic rings. The van der Waals surface area contributed by atoms with E-state index in [2.05, 4.69) is 13.0 Å². The lowest BCUT2D eigenvalue weighted by molar-refractivity contribution is -2.00. The summed E-state index contributed by atoms with van der Waals surface area (Å²) in [7, 11) is -3.28. The lowest BCUT2D eigenvalue weighted by Crippen LogP contribution is -2.68. The standard InChI is InChI=1S/C17H15O2.ClHO4/c1-12-11-16(13-7-4-3-5-8-13)19-17-14(12)9-6-10-15(17)18-2;2-1(3,4)5/h3-11H,1-2H3;(H,2,3,4,5)/q+1;/p-1. The maximum Gasteiger partial charge on any atom is 0.402 e. The second-order valence-electron chi connectivity index (χ2n) is 4.87. The first-order valence-corrected chi connectivity index (χ1v) is 8.10. The molecule has 2 aromatic carbocycles. The molecule has 0 spiro atoms. The number of fused-ring (bicyclic) bond motifs is 1. The summed E-state index contributed by atoms with van der Waals surface area (Å²) in [6.45, 7) is 2.09. The van der Waals surface area contributed by atoms with E-state index in [9.17, 15) is 0 Å². The summed E-state index contributed by atoms with van der Waals surface area (Å²) in [6.07, 6.45) is 0. The zero-order valence-corrected chi connectivity index (χ0v) is 13.8. The molecule has 0 fully saturated rings. The molecule has 0 aliphatic carbocycles. The minimum absolute atomic E-state index is 0.762. The number of rotatable bonds is 2. The van der Waals surface area contributed by atoms with Gasteiger partial charge in [-0.15, -0.1) is 10.2 Å². The lowest BCUT2D eigenvalue weighted by atomic mass is 10.1. The zero-order chi connectivity index (χ0) is 17.7. The van der Waals surface area contributed by atoms with Gasteiger partial charge in [-0.2, -0.15) is 0 Å². The molecule has 3 rings (SSSR count). The maximum absolute atomic E-state index is 8.49. The molecule has 24 heavy (non-hydrogen) atoms. The molecule has 0 atom stereocenters. The van der Waals surface area contributed by atoms with Crippen LogP contribution in [0.1, 0.15) is 5.56 Å². The minimum Gasteiger partial charge on any atom is -0.488 e. The van der Waals surface area contributed by atoms with Crippen LogP contribution in [0.25, 0.3) is 22.3 Å². The van der Waals surface area contributed by atoms with Crippen molar-refractivity contribution in [1.82, 2.24) is 0 Å². The molecule has 0 aliphatic heterocycles. The smallest absolute Gasteiger partial charge is 0.402 e. The topological polar surface area (TPSA) is 113 Å². The third-order valence-corrected chi connectivity index (χ3v) is 3.24. The van der Waals surface area contributed by atoms with Crippen molar-refractivity contribution >= 4 is 11.0 Å². The van der Waals surface area contributed by atoms with E-state index in [0.717, 1.165) is 28.0 Å². The van der Waals surface area contributed by atoms with Crippen LogP contribution < -0.4 is 23.4 Å². The number of methoxy groups -OCH3 is 1. The van der Waals surface area contributed by atoms with Crippen LogP contribution in [0.2, 0.25) is 0 Å². The predicted molar refractivity (Wildman–Crippen MR) is 77.3 cm³/mol. The molecule has 7 heteroatoms. The van der Waals surface area contributed by atoms with Gasteiger partial charge in [0, 0.05) is 6.07 Å². The number of aryl methyl sites for hydroxylation is 1. The quantitative estimate of drug-likeness (QED) is 0.598. The van der Waals surface area contributed by atoms with Gasteiger partial charge >= 0.3 is 11.3 Å². The molecular weight excluding hydrogens is 336 g/mol. The number of hydrogen-bond donors (Lipinski definition) is 0. The molecule has 0 saturated heterocycles. The van der Waals surface area contributed by atoms with Gasteiger partial charge in [0.1, 0.15) is 0 Å². The normalized spacial score (nSPS) is 10.9. The van der Waals surface area contributed by atoms with Crippen molar-refractivity contribution < 1.29 is 38.0 Å². The van der Waals surface area contributed by atoms with E-state index >= 15 is 0 Å². The molecule has 0 saturated carbocycles. The first-order chi connectivity index (χ1) is 11.3. The first kappa shape index (κ1) is 18.1.